The lowest BCUT2D eigenvalue weighted by Crippen LogP contribution is -2.27. The molecule has 1 aromatic carbocycles. The van der Waals surface area contributed by atoms with Crippen molar-refractivity contribution in [2.45, 2.75) is 13.3 Å². The lowest BCUT2D eigenvalue weighted by atomic mass is 10.1. The van der Waals surface area contributed by atoms with E-state index in [-0.39, 0.29) is 11.6 Å². The van der Waals surface area contributed by atoms with Crippen molar-refractivity contribution in [3.8, 4) is 0 Å². The van der Waals surface area contributed by atoms with Gasteiger partial charge in [0.05, 0.1) is 5.69 Å². The molecule has 0 aliphatic carbocycles. The van der Waals surface area contributed by atoms with Crippen molar-refractivity contribution >= 4 is 11.6 Å². The molecule has 0 saturated heterocycles. The Morgan fingerprint density at radius 3 is 2.89 bits per heavy atom. The van der Waals surface area contributed by atoms with Crippen LogP contribution in [0, 0.1) is 6.92 Å². The van der Waals surface area contributed by atoms with Crippen molar-refractivity contribution in [3.05, 3.63) is 59.4 Å². The SMILES string of the molecule is Cc1cccc(CCNC(=O)c2ncccc2N)c1. The molecule has 0 radical (unpaired) electrons. The first-order valence-electron chi connectivity index (χ1n) is 6.21. The summed E-state index contributed by atoms with van der Waals surface area (Å²) in [5.74, 6) is -0.231. The van der Waals surface area contributed by atoms with Crippen molar-refractivity contribution < 1.29 is 4.79 Å². The molecule has 1 amide bonds. The number of benzene rings is 1. The van der Waals surface area contributed by atoms with Crippen molar-refractivity contribution in [1.29, 1.82) is 0 Å². The third-order valence-electron chi connectivity index (χ3n) is 2.84. The summed E-state index contributed by atoms with van der Waals surface area (Å²) in [7, 11) is 0. The van der Waals surface area contributed by atoms with E-state index in [1.54, 1.807) is 18.3 Å². The number of carbonyl (C=O) groups is 1. The largest absolute Gasteiger partial charge is 0.397 e. The van der Waals surface area contributed by atoms with Crippen LogP contribution in [0.4, 0.5) is 5.69 Å². The fourth-order valence-electron chi connectivity index (χ4n) is 1.88. The molecular weight excluding hydrogens is 238 g/mol. The van der Waals surface area contributed by atoms with E-state index in [1.807, 2.05) is 12.1 Å². The highest BCUT2D eigenvalue weighted by Crippen LogP contribution is 2.07. The minimum atomic E-state index is -0.231. The van der Waals surface area contributed by atoms with E-state index < -0.39 is 0 Å². The highest BCUT2D eigenvalue weighted by atomic mass is 16.1. The Kier molecular flexibility index (Phi) is 4.13. The second-order valence-electron chi connectivity index (χ2n) is 4.44. The van der Waals surface area contributed by atoms with Gasteiger partial charge in [0.25, 0.3) is 5.91 Å². The number of hydrogen-bond acceptors (Lipinski definition) is 3. The minimum Gasteiger partial charge on any atom is -0.397 e. The summed E-state index contributed by atoms with van der Waals surface area (Å²) in [6.45, 7) is 2.62. The summed E-state index contributed by atoms with van der Waals surface area (Å²) >= 11 is 0. The van der Waals surface area contributed by atoms with Crippen molar-refractivity contribution in [2.24, 2.45) is 0 Å². The lowest BCUT2D eigenvalue weighted by Gasteiger charge is -2.07. The van der Waals surface area contributed by atoms with Crippen LogP contribution < -0.4 is 11.1 Å². The van der Waals surface area contributed by atoms with Crippen LogP contribution >= 0.6 is 0 Å². The number of aromatic nitrogens is 1. The Balaban J connectivity index is 1.90. The summed E-state index contributed by atoms with van der Waals surface area (Å²) in [4.78, 5) is 15.8. The average Bonchev–Trinajstić information content (AvgIpc) is 2.39. The van der Waals surface area contributed by atoms with E-state index in [2.05, 4.69) is 29.4 Å². The molecule has 0 aliphatic heterocycles. The summed E-state index contributed by atoms with van der Waals surface area (Å²) in [6.07, 6.45) is 2.35. The number of nitrogens with zero attached hydrogens (tertiary/aromatic N) is 1. The van der Waals surface area contributed by atoms with Gasteiger partial charge in [-0.3, -0.25) is 4.79 Å². The molecule has 98 valence electrons. The number of nitrogens with two attached hydrogens (primary N) is 1. The number of aryl methyl sites for hydroxylation is 1. The van der Waals surface area contributed by atoms with Crippen LogP contribution in [0.1, 0.15) is 21.6 Å². The van der Waals surface area contributed by atoms with Gasteiger partial charge in [-0.25, -0.2) is 4.98 Å². The maximum Gasteiger partial charge on any atom is 0.272 e. The standard InChI is InChI=1S/C15H17N3O/c1-11-4-2-5-12(10-11)7-9-18-15(19)14-13(16)6-3-8-17-14/h2-6,8,10H,7,9,16H2,1H3,(H,18,19). The van der Waals surface area contributed by atoms with Gasteiger partial charge < -0.3 is 11.1 Å². The van der Waals surface area contributed by atoms with Crippen LogP contribution in [0.2, 0.25) is 0 Å². The van der Waals surface area contributed by atoms with Crippen molar-refractivity contribution in [1.82, 2.24) is 10.3 Å². The zero-order valence-corrected chi connectivity index (χ0v) is 10.9. The molecule has 0 bridgehead atoms. The molecule has 0 spiro atoms. The van der Waals surface area contributed by atoms with Crippen LogP contribution in [0.25, 0.3) is 0 Å². The second-order valence-corrected chi connectivity index (χ2v) is 4.44. The van der Waals surface area contributed by atoms with Crippen LogP contribution in [0.15, 0.2) is 42.6 Å². The van der Waals surface area contributed by atoms with Gasteiger partial charge in [0.15, 0.2) is 5.69 Å². The van der Waals surface area contributed by atoms with E-state index in [4.69, 9.17) is 5.73 Å². The van der Waals surface area contributed by atoms with E-state index in [1.165, 1.54) is 11.1 Å². The van der Waals surface area contributed by atoms with Gasteiger partial charge in [-0.2, -0.15) is 0 Å². The molecule has 0 atom stereocenters. The second kappa shape index (κ2) is 6.00. The number of carbonyl (C=O) groups excluding carboxylic acids is 1. The minimum absolute atomic E-state index is 0.231. The summed E-state index contributed by atoms with van der Waals surface area (Å²) in [5.41, 5.74) is 8.81. The molecule has 0 fully saturated rings. The zero-order valence-electron chi connectivity index (χ0n) is 10.9. The normalized spacial score (nSPS) is 10.2. The molecule has 3 N–H and O–H groups in total. The van der Waals surface area contributed by atoms with Crippen LogP contribution in [0.5, 0.6) is 0 Å². The quantitative estimate of drug-likeness (QED) is 0.877. The number of anilines is 1. The lowest BCUT2D eigenvalue weighted by molar-refractivity contribution is 0.0950. The van der Waals surface area contributed by atoms with E-state index in [0.29, 0.717) is 12.2 Å². The molecule has 2 aromatic rings. The predicted molar refractivity (Wildman–Crippen MR) is 75.9 cm³/mol. The molecule has 1 aromatic heterocycles. The van der Waals surface area contributed by atoms with Gasteiger partial charge in [-0.1, -0.05) is 29.8 Å². The first kappa shape index (κ1) is 13.1. The van der Waals surface area contributed by atoms with Gasteiger partial charge in [0.1, 0.15) is 0 Å². The number of pyridine rings is 1. The molecule has 0 unspecified atom stereocenters. The van der Waals surface area contributed by atoms with E-state index in [9.17, 15) is 4.79 Å². The van der Waals surface area contributed by atoms with Crippen molar-refractivity contribution in [3.63, 3.8) is 0 Å². The topological polar surface area (TPSA) is 68.0 Å². The summed E-state index contributed by atoms with van der Waals surface area (Å²) in [5, 5.41) is 2.83. The van der Waals surface area contributed by atoms with Crippen LogP contribution in [-0.4, -0.2) is 17.4 Å². The number of amides is 1. The molecular formula is C15H17N3O. The molecule has 0 aliphatic rings. The Bertz CT molecular complexity index is 581. The van der Waals surface area contributed by atoms with Crippen LogP contribution in [0.3, 0.4) is 0 Å². The van der Waals surface area contributed by atoms with Crippen molar-refractivity contribution in [2.75, 3.05) is 12.3 Å². The monoisotopic (exact) mass is 255 g/mol. The summed E-state index contributed by atoms with van der Waals surface area (Å²) < 4.78 is 0. The summed E-state index contributed by atoms with van der Waals surface area (Å²) in [6, 6.07) is 11.6. The van der Waals surface area contributed by atoms with Gasteiger partial charge >= 0.3 is 0 Å². The molecule has 4 heteroatoms. The number of hydrogen-bond donors (Lipinski definition) is 2. The maximum atomic E-state index is 11.9. The molecule has 2 rings (SSSR count). The Labute approximate surface area is 112 Å². The molecule has 0 saturated carbocycles. The molecule has 19 heavy (non-hydrogen) atoms. The number of nitrogens with one attached hydrogen (secondary N) is 1. The first-order valence-corrected chi connectivity index (χ1v) is 6.21. The van der Waals surface area contributed by atoms with E-state index >= 15 is 0 Å². The third kappa shape index (κ3) is 3.55. The van der Waals surface area contributed by atoms with Gasteiger partial charge in [-0.05, 0) is 31.0 Å². The molecule has 4 nitrogen and oxygen atoms in total. The van der Waals surface area contributed by atoms with Gasteiger partial charge in [0.2, 0.25) is 0 Å². The highest BCUT2D eigenvalue weighted by molar-refractivity contribution is 5.96. The van der Waals surface area contributed by atoms with Gasteiger partial charge in [0, 0.05) is 12.7 Å². The van der Waals surface area contributed by atoms with Crippen LogP contribution in [-0.2, 0) is 6.42 Å². The predicted octanol–water partition coefficient (Wildman–Crippen LogP) is 1.94. The number of rotatable bonds is 4. The Morgan fingerprint density at radius 2 is 2.16 bits per heavy atom. The third-order valence-corrected chi connectivity index (χ3v) is 2.84. The fraction of sp³-hybridized carbons (Fsp3) is 0.200. The maximum absolute atomic E-state index is 11.9. The average molecular weight is 255 g/mol. The first-order chi connectivity index (χ1) is 9.16. The zero-order chi connectivity index (χ0) is 13.7. The Morgan fingerprint density at radius 1 is 1.32 bits per heavy atom. The smallest absolute Gasteiger partial charge is 0.272 e. The fourth-order valence-corrected chi connectivity index (χ4v) is 1.88. The highest BCUT2D eigenvalue weighted by Gasteiger charge is 2.09. The van der Waals surface area contributed by atoms with Gasteiger partial charge in [-0.15, -0.1) is 0 Å². The van der Waals surface area contributed by atoms with E-state index in [0.717, 1.165) is 6.42 Å². The number of nitrogen functional groups attached to an aromatic ring is 1. The molecule has 1 heterocycles. The Hall–Kier alpha value is -2.36.